The molecule has 0 bridgehead atoms. The van der Waals surface area contributed by atoms with Crippen LogP contribution >= 0.6 is 34.4 Å². The fourth-order valence-corrected chi connectivity index (χ4v) is 8.55. The Balaban J connectivity index is 1.22. The Morgan fingerprint density at radius 2 is 1.87 bits per heavy atom. The molecule has 7 nitrogen and oxygen atoms in total. The number of amides is 2. The second-order valence-electron chi connectivity index (χ2n) is 9.92. The lowest BCUT2D eigenvalue weighted by Gasteiger charge is -2.16. The number of nitrogens with two attached hydrogens (primary N) is 1. The first-order chi connectivity index (χ1) is 18.4. The van der Waals surface area contributed by atoms with E-state index < -0.39 is 11.2 Å². The number of nitrogens with zero attached hydrogens (tertiary/aromatic N) is 1. The van der Waals surface area contributed by atoms with Gasteiger partial charge in [0.15, 0.2) is 5.16 Å². The van der Waals surface area contributed by atoms with E-state index in [-0.39, 0.29) is 11.5 Å². The topological polar surface area (TPSA) is 118 Å². The van der Waals surface area contributed by atoms with Crippen LogP contribution in [0.2, 0.25) is 0 Å². The maximum atomic E-state index is 13.2. The Labute approximate surface area is 232 Å². The second kappa shape index (κ2) is 10.3. The van der Waals surface area contributed by atoms with Crippen LogP contribution in [-0.4, -0.2) is 27.0 Å². The molecule has 2 aliphatic rings. The van der Waals surface area contributed by atoms with Gasteiger partial charge in [-0.2, -0.15) is 0 Å². The number of carbonyl (C=O) groups is 2. The smallest absolute Gasteiger partial charge is 0.260 e. The van der Waals surface area contributed by atoms with Crippen molar-refractivity contribution in [1.29, 1.82) is 0 Å². The van der Waals surface area contributed by atoms with E-state index in [2.05, 4.69) is 33.5 Å². The van der Waals surface area contributed by atoms with E-state index in [0.29, 0.717) is 25.9 Å². The molecule has 6 rings (SSSR count). The number of hydrogen-bond donors (Lipinski definition) is 3. The Morgan fingerprint density at radius 3 is 2.68 bits per heavy atom. The zero-order valence-electron chi connectivity index (χ0n) is 21.0. The van der Waals surface area contributed by atoms with E-state index in [0.717, 1.165) is 60.1 Å². The number of anilines is 1. The molecule has 4 aromatic rings. The highest BCUT2D eigenvalue weighted by atomic mass is 32.2. The lowest BCUT2D eigenvalue weighted by Crippen LogP contribution is -2.24. The summed E-state index contributed by atoms with van der Waals surface area (Å²) in [5.41, 5.74) is 11.6. The number of thioether (sulfide) groups is 1. The van der Waals surface area contributed by atoms with Gasteiger partial charge in [0.05, 0.1) is 16.2 Å². The van der Waals surface area contributed by atoms with E-state index >= 15 is 0 Å². The molecule has 196 valence electrons. The third-order valence-corrected chi connectivity index (χ3v) is 10.5. The first-order valence-electron chi connectivity index (χ1n) is 12.9. The molecule has 1 aromatic carbocycles. The molecule has 2 amide bonds. The summed E-state index contributed by atoms with van der Waals surface area (Å²) >= 11 is 4.07. The first kappa shape index (κ1) is 25.3. The molecule has 0 saturated carbocycles. The second-order valence-corrected chi connectivity index (χ2v) is 13.2. The zero-order chi connectivity index (χ0) is 26.4. The monoisotopic (exact) mass is 564 g/mol. The molecule has 3 aromatic heterocycles. The minimum Gasteiger partial charge on any atom is -0.365 e. The molecule has 4 N–H and O–H groups in total. The summed E-state index contributed by atoms with van der Waals surface area (Å²) in [5, 5.41) is 5.86. The van der Waals surface area contributed by atoms with Crippen LogP contribution < -0.4 is 16.6 Å². The fourth-order valence-electron chi connectivity index (χ4n) is 5.45. The van der Waals surface area contributed by atoms with Gasteiger partial charge in [-0.1, -0.05) is 30.0 Å². The maximum Gasteiger partial charge on any atom is 0.260 e. The summed E-state index contributed by atoms with van der Waals surface area (Å²) in [6.45, 7) is 1.76. The normalized spacial score (nSPS) is 15.6. The quantitative estimate of drug-likeness (QED) is 0.205. The molecule has 0 spiro atoms. The van der Waals surface area contributed by atoms with Crippen LogP contribution in [0.3, 0.4) is 0 Å². The van der Waals surface area contributed by atoms with Gasteiger partial charge in [-0.05, 0) is 80.5 Å². The van der Waals surface area contributed by atoms with Gasteiger partial charge < -0.3 is 16.0 Å². The number of benzene rings is 1. The average molecular weight is 565 g/mol. The largest absolute Gasteiger partial charge is 0.365 e. The maximum absolute atomic E-state index is 13.2. The van der Waals surface area contributed by atoms with Crippen LogP contribution in [0.5, 0.6) is 0 Å². The van der Waals surface area contributed by atoms with Crippen LogP contribution in [-0.2, 0) is 30.5 Å². The number of carbonyl (C=O) groups excluding carboxylic acids is 2. The zero-order valence-corrected chi connectivity index (χ0v) is 23.5. The summed E-state index contributed by atoms with van der Waals surface area (Å²) in [5.74, 6) is -0.774. The molecule has 0 fully saturated rings. The minimum absolute atomic E-state index is 0.207. The average Bonchev–Trinajstić information content (AvgIpc) is 3.50. The van der Waals surface area contributed by atoms with Gasteiger partial charge in [0, 0.05) is 15.8 Å². The van der Waals surface area contributed by atoms with Gasteiger partial charge in [-0.3, -0.25) is 14.4 Å². The molecule has 38 heavy (non-hydrogen) atoms. The summed E-state index contributed by atoms with van der Waals surface area (Å²) in [6, 6.07) is 6.50. The van der Waals surface area contributed by atoms with E-state index in [1.165, 1.54) is 58.4 Å². The molecule has 1 atom stereocenters. The Morgan fingerprint density at radius 1 is 1.11 bits per heavy atom. The van der Waals surface area contributed by atoms with Crippen LogP contribution in [0.15, 0.2) is 33.5 Å². The van der Waals surface area contributed by atoms with Crippen molar-refractivity contribution < 1.29 is 9.59 Å². The van der Waals surface area contributed by atoms with Crippen LogP contribution in [0, 0.1) is 0 Å². The van der Waals surface area contributed by atoms with Crippen molar-refractivity contribution in [3.8, 4) is 11.1 Å². The van der Waals surface area contributed by atoms with Crippen LogP contribution in [0.1, 0.15) is 64.5 Å². The number of hydrogen-bond acceptors (Lipinski definition) is 7. The highest BCUT2D eigenvalue weighted by molar-refractivity contribution is 8.00. The highest BCUT2D eigenvalue weighted by Crippen LogP contribution is 2.39. The van der Waals surface area contributed by atoms with Gasteiger partial charge in [0.2, 0.25) is 5.91 Å². The van der Waals surface area contributed by atoms with Gasteiger partial charge in [0.1, 0.15) is 9.83 Å². The Bertz CT molecular complexity index is 1630. The summed E-state index contributed by atoms with van der Waals surface area (Å²) in [4.78, 5) is 47.7. The first-order valence-corrected chi connectivity index (χ1v) is 15.5. The van der Waals surface area contributed by atoms with Crippen LogP contribution in [0.4, 0.5) is 5.00 Å². The van der Waals surface area contributed by atoms with E-state index in [1.807, 2.05) is 5.38 Å². The van der Waals surface area contributed by atoms with Gasteiger partial charge in [0.25, 0.3) is 11.5 Å². The number of aryl methyl sites for hydroxylation is 3. The van der Waals surface area contributed by atoms with E-state index in [4.69, 9.17) is 5.73 Å². The lowest BCUT2D eigenvalue weighted by atomic mass is 9.89. The SMILES string of the molecule is CC(Sc1nc2scc(-c3ccc4c(c3)CCCC4)c2c(=O)[nH]1)C(=O)Nc1sc2c(c1C(N)=O)CCCC2. The summed E-state index contributed by atoms with van der Waals surface area (Å²) in [7, 11) is 0. The fraction of sp³-hybridized carbons (Fsp3) is 0.357. The minimum atomic E-state index is -0.546. The van der Waals surface area contributed by atoms with Gasteiger partial charge in [-0.25, -0.2) is 4.98 Å². The highest BCUT2D eigenvalue weighted by Gasteiger charge is 2.27. The summed E-state index contributed by atoms with van der Waals surface area (Å²) < 4.78 is 0. The number of primary amides is 1. The molecule has 10 heteroatoms. The number of aromatic nitrogens is 2. The molecule has 3 heterocycles. The Kier molecular flexibility index (Phi) is 6.88. The molecule has 0 saturated heterocycles. The van der Waals surface area contributed by atoms with Crippen molar-refractivity contribution in [1.82, 2.24) is 9.97 Å². The number of H-pyrrole nitrogens is 1. The summed E-state index contributed by atoms with van der Waals surface area (Å²) in [6.07, 6.45) is 8.43. The predicted molar refractivity (Wildman–Crippen MR) is 156 cm³/mol. The number of nitrogens with one attached hydrogen (secondary N) is 2. The number of thiophene rings is 2. The number of fused-ring (bicyclic) bond motifs is 3. The van der Waals surface area contributed by atoms with Crippen molar-refractivity contribution in [2.24, 2.45) is 5.73 Å². The molecule has 1 unspecified atom stereocenters. The Hall–Kier alpha value is -2.95. The predicted octanol–water partition coefficient (Wildman–Crippen LogP) is 5.69. The van der Waals surface area contributed by atoms with Crippen molar-refractivity contribution >= 4 is 61.5 Å². The van der Waals surface area contributed by atoms with Crippen molar-refractivity contribution in [3.63, 3.8) is 0 Å². The van der Waals surface area contributed by atoms with Gasteiger partial charge >= 0.3 is 0 Å². The molecular formula is C28H28N4O3S3. The third kappa shape index (κ3) is 4.69. The van der Waals surface area contributed by atoms with Crippen molar-refractivity contribution in [3.05, 3.63) is 61.1 Å². The molecule has 0 radical (unpaired) electrons. The standard InChI is InChI=1S/C28H28N4O3S3/c1-14(24(34)30-27-21(23(29)33)18-8-4-5-9-20(18)38-27)37-28-31-25(35)22-19(13-36-26(22)32-28)17-11-10-15-6-2-3-7-16(15)12-17/h10-14H,2-9H2,1H3,(H2,29,33)(H,30,34)(H,31,32,35). The molecule has 0 aliphatic heterocycles. The number of rotatable bonds is 6. The van der Waals surface area contributed by atoms with Crippen molar-refractivity contribution in [2.45, 2.75) is 68.7 Å². The van der Waals surface area contributed by atoms with Crippen molar-refractivity contribution in [2.75, 3.05) is 5.32 Å². The number of aromatic amines is 1. The molecule has 2 aliphatic carbocycles. The lowest BCUT2D eigenvalue weighted by molar-refractivity contribution is -0.115. The van der Waals surface area contributed by atoms with E-state index in [9.17, 15) is 14.4 Å². The molecular weight excluding hydrogens is 537 g/mol. The third-order valence-electron chi connectivity index (χ3n) is 7.39. The van der Waals surface area contributed by atoms with Gasteiger partial charge in [-0.15, -0.1) is 22.7 Å². The van der Waals surface area contributed by atoms with E-state index in [1.54, 1.807) is 6.92 Å². The van der Waals surface area contributed by atoms with Crippen LogP contribution in [0.25, 0.3) is 21.3 Å².